The van der Waals surface area contributed by atoms with Crippen molar-refractivity contribution >= 4 is 5.97 Å². The molecule has 0 aromatic rings. The molecule has 0 amide bonds. The summed E-state index contributed by atoms with van der Waals surface area (Å²) in [4.78, 5) is 10.7. The second kappa shape index (κ2) is 6.08. The summed E-state index contributed by atoms with van der Waals surface area (Å²) >= 11 is 0. The van der Waals surface area contributed by atoms with Gasteiger partial charge in [0.2, 0.25) is 0 Å². The van der Waals surface area contributed by atoms with Crippen LogP contribution >= 0.6 is 0 Å². The van der Waals surface area contributed by atoms with E-state index in [0.717, 1.165) is 12.8 Å². The van der Waals surface area contributed by atoms with E-state index in [1.165, 1.54) is 6.92 Å². The Balaban J connectivity index is 4.09. The molecule has 0 aliphatic carbocycles. The Bertz CT molecular complexity index is 200. The number of aliphatic hydroxyl groups is 1. The van der Waals surface area contributed by atoms with Crippen molar-refractivity contribution in [3.63, 3.8) is 0 Å². The summed E-state index contributed by atoms with van der Waals surface area (Å²) < 4.78 is 0. The number of carbonyl (C=O) groups is 1. The summed E-state index contributed by atoms with van der Waals surface area (Å²) in [5, 5.41) is 21.3. The Kier molecular flexibility index (Phi) is 5.83. The van der Waals surface area contributed by atoms with Crippen LogP contribution in [-0.2, 0) is 4.79 Å². The predicted octanol–water partition coefficient (Wildman–Crippen LogP) is 1.24. The Morgan fingerprint density at radius 1 is 1.40 bits per heavy atom. The van der Waals surface area contributed by atoms with E-state index in [2.05, 4.69) is 19.2 Å². The van der Waals surface area contributed by atoms with Crippen LogP contribution < -0.4 is 5.32 Å². The van der Waals surface area contributed by atoms with E-state index in [1.54, 1.807) is 0 Å². The highest BCUT2D eigenvalue weighted by atomic mass is 16.4. The second-order valence-corrected chi connectivity index (χ2v) is 4.33. The van der Waals surface area contributed by atoms with E-state index >= 15 is 0 Å². The van der Waals surface area contributed by atoms with Crippen LogP contribution in [-0.4, -0.2) is 34.4 Å². The minimum absolute atomic E-state index is 0.0833. The van der Waals surface area contributed by atoms with E-state index < -0.39 is 11.6 Å². The molecule has 0 aromatic carbocycles. The van der Waals surface area contributed by atoms with Gasteiger partial charge in [-0.05, 0) is 19.8 Å². The van der Waals surface area contributed by atoms with Gasteiger partial charge in [-0.25, -0.2) is 4.79 Å². The summed E-state index contributed by atoms with van der Waals surface area (Å²) in [7, 11) is 0. The van der Waals surface area contributed by atoms with Crippen molar-refractivity contribution < 1.29 is 15.0 Å². The van der Waals surface area contributed by atoms with E-state index in [4.69, 9.17) is 5.11 Å². The number of carboxylic acid groups (broad SMARTS) is 1. The predicted molar refractivity (Wildman–Crippen MR) is 59.8 cm³/mol. The van der Waals surface area contributed by atoms with E-state index in [0.29, 0.717) is 5.92 Å². The van der Waals surface area contributed by atoms with Crippen molar-refractivity contribution in [1.82, 2.24) is 5.32 Å². The van der Waals surface area contributed by atoms with Gasteiger partial charge in [0.15, 0.2) is 5.60 Å². The molecule has 0 aromatic heterocycles. The minimum Gasteiger partial charge on any atom is -0.479 e. The zero-order valence-electron chi connectivity index (χ0n) is 10.1. The summed E-state index contributed by atoms with van der Waals surface area (Å²) in [6.07, 6.45) is 2.11. The second-order valence-electron chi connectivity index (χ2n) is 4.33. The van der Waals surface area contributed by atoms with Crippen LogP contribution in [0, 0.1) is 5.92 Å². The quantitative estimate of drug-likeness (QED) is 0.600. The van der Waals surface area contributed by atoms with Crippen molar-refractivity contribution in [2.45, 2.75) is 52.2 Å². The molecule has 4 nitrogen and oxygen atoms in total. The molecule has 0 spiro atoms. The van der Waals surface area contributed by atoms with Crippen molar-refractivity contribution in [3.8, 4) is 0 Å². The topological polar surface area (TPSA) is 69.6 Å². The Morgan fingerprint density at radius 3 is 2.20 bits per heavy atom. The molecule has 15 heavy (non-hydrogen) atoms. The van der Waals surface area contributed by atoms with Gasteiger partial charge in [-0.1, -0.05) is 26.7 Å². The summed E-state index contributed by atoms with van der Waals surface area (Å²) in [5.74, 6) is -0.665. The third kappa shape index (κ3) is 4.62. The van der Waals surface area contributed by atoms with Gasteiger partial charge in [0.25, 0.3) is 0 Å². The molecule has 0 radical (unpaired) electrons. The van der Waals surface area contributed by atoms with Crippen molar-refractivity contribution in [3.05, 3.63) is 0 Å². The maximum atomic E-state index is 10.7. The highest BCUT2D eigenvalue weighted by molar-refractivity contribution is 5.76. The van der Waals surface area contributed by atoms with Crippen LogP contribution in [0.25, 0.3) is 0 Å². The van der Waals surface area contributed by atoms with Gasteiger partial charge in [0.05, 0.1) is 0 Å². The molecule has 0 aliphatic heterocycles. The van der Waals surface area contributed by atoms with Crippen LogP contribution in [0.1, 0.15) is 40.5 Å². The summed E-state index contributed by atoms with van der Waals surface area (Å²) in [6.45, 7) is 7.64. The van der Waals surface area contributed by atoms with E-state index in [1.807, 2.05) is 6.92 Å². The fourth-order valence-corrected chi connectivity index (χ4v) is 1.60. The fourth-order valence-electron chi connectivity index (χ4n) is 1.60. The number of nitrogens with one attached hydrogen (secondary N) is 1. The van der Waals surface area contributed by atoms with Gasteiger partial charge in [0, 0.05) is 12.6 Å². The first kappa shape index (κ1) is 14.4. The molecule has 90 valence electrons. The molecule has 0 aliphatic rings. The average Bonchev–Trinajstić information content (AvgIpc) is 2.16. The number of hydrogen-bond acceptors (Lipinski definition) is 3. The lowest BCUT2D eigenvalue weighted by atomic mass is 9.95. The van der Waals surface area contributed by atoms with Gasteiger partial charge in [0.1, 0.15) is 0 Å². The highest BCUT2D eigenvalue weighted by Gasteiger charge is 2.30. The van der Waals surface area contributed by atoms with Gasteiger partial charge in [-0.15, -0.1) is 0 Å². The summed E-state index contributed by atoms with van der Waals surface area (Å²) in [6, 6.07) is 0.228. The molecule has 3 N–H and O–H groups in total. The standard InChI is InChI=1S/C11H23NO3/c1-5-9(6-2)8(3)12-7-11(4,15)10(13)14/h8-9,12,15H,5-7H2,1-4H3,(H,13,14). The van der Waals surface area contributed by atoms with Crippen LogP contribution in [0.5, 0.6) is 0 Å². The first-order valence-corrected chi connectivity index (χ1v) is 5.54. The summed E-state index contributed by atoms with van der Waals surface area (Å²) in [5.41, 5.74) is -1.68. The van der Waals surface area contributed by atoms with E-state index in [-0.39, 0.29) is 12.6 Å². The molecule has 2 atom stereocenters. The zero-order chi connectivity index (χ0) is 12.1. The Hall–Kier alpha value is -0.610. The number of aliphatic carboxylic acids is 1. The monoisotopic (exact) mass is 217 g/mol. The van der Waals surface area contributed by atoms with Crippen molar-refractivity contribution in [2.24, 2.45) is 5.92 Å². The lowest BCUT2D eigenvalue weighted by molar-refractivity contribution is -0.156. The van der Waals surface area contributed by atoms with Gasteiger partial charge >= 0.3 is 5.97 Å². The number of hydrogen-bond donors (Lipinski definition) is 3. The SMILES string of the molecule is CCC(CC)C(C)NCC(C)(O)C(=O)O. The molecule has 0 saturated carbocycles. The Morgan fingerprint density at radius 2 is 1.87 bits per heavy atom. The molecule has 0 rings (SSSR count). The molecule has 0 bridgehead atoms. The molecular weight excluding hydrogens is 194 g/mol. The maximum Gasteiger partial charge on any atom is 0.336 e. The number of rotatable bonds is 7. The minimum atomic E-state index is -1.68. The van der Waals surface area contributed by atoms with Crippen LogP contribution in [0.2, 0.25) is 0 Å². The molecule has 2 unspecified atom stereocenters. The largest absolute Gasteiger partial charge is 0.479 e. The number of carboxylic acids is 1. The highest BCUT2D eigenvalue weighted by Crippen LogP contribution is 2.13. The fraction of sp³-hybridized carbons (Fsp3) is 0.909. The molecule has 0 heterocycles. The first-order chi connectivity index (χ1) is 6.85. The smallest absolute Gasteiger partial charge is 0.336 e. The van der Waals surface area contributed by atoms with Crippen LogP contribution in [0.15, 0.2) is 0 Å². The third-order valence-corrected chi connectivity index (χ3v) is 2.98. The lowest BCUT2D eigenvalue weighted by Crippen LogP contribution is -2.48. The third-order valence-electron chi connectivity index (χ3n) is 2.98. The van der Waals surface area contributed by atoms with Crippen LogP contribution in [0.3, 0.4) is 0 Å². The zero-order valence-corrected chi connectivity index (χ0v) is 10.1. The average molecular weight is 217 g/mol. The maximum absolute atomic E-state index is 10.7. The lowest BCUT2D eigenvalue weighted by Gasteiger charge is -2.26. The van der Waals surface area contributed by atoms with Gasteiger partial charge < -0.3 is 15.5 Å². The first-order valence-electron chi connectivity index (χ1n) is 5.54. The normalized spacial score (nSPS) is 17.5. The Labute approximate surface area is 91.7 Å². The van der Waals surface area contributed by atoms with Gasteiger partial charge in [-0.2, -0.15) is 0 Å². The molecular formula is C11H23NO3. The molecule has 0 fully saturated rings. The van der Waals surface area contributed by atoms with Crippen molar-refractivity contribution in [2.75, 3.05) is 6.54 Å². The molecule has 0 saturated heterocycles. The molecule has 4 heteroatoms. The van der Waals surface area contributed by atoms with E-state index in [9.17, 15) is 9.90 Å². The van der Waals surface area contributed by atoms with Gasteiger partial charge in [-0.3, -0.25) is 0 Å². The van der Waals surface area contributed by atoms with Crippen molar-refractivity contribution in [1.29, 1.82) is 0 Å². The van der Waals surface area contributed by atoms with Crippen LogP contribution in [0.4, 0.5) is 0 Å².